The zero-order valence-electron chi connectivity index (χ0n) is 8.68. The Kier molecular flexibility index (Phi) is 3.88. The molecule has 17 heavy (non-hydrogen) atoms. The zero-order valence-corrected chi connectivity index (χ0v) is 12.4. The highest BCUT2D eigenvalue weighted by Gasteiger charge is 2.03. The van der Waals surface area contributed by atoms with Crippen LogP contribution in [0.2, 0.25) is 0 Å². The van der Waals surface area contributed by atoms with Crippen LogP contribution in [0.4, 0.5) is 21.5 Å². The number of nitrogens with one attached hydrogen (secondary N) is 1. The Bertz CT molecular complexity index is 540. The topological polar surface area (TPSA) is 38.0 Å². The molecule has 2 nitrogen and oxygen atoms in total. The summed E-state index contributed by atoms with van der Waals surface area (Å²) in [5.74, 6) is -0.353. The Labute approximate surface area is 121 Å². The summed E-state index contributed by atoms with van der Waals surface area (Å²) in [7, 11) is 0. The van der Waals surface area contributed by atoms with Crippen LogP contribution in [0, 0.1) is 9.39 Å². The molecule has 0 saturated heterocycles. The summed E-state index contributed by atoms with van der Waals surface area (Å²) in [6.45, 7) is 0. The van der Waals surface area contributed by atoms with Crippen molar-refractivity contribution < 1.29 is 4.39 Å². The molecule has 0 radical (unpaired) electrons. The lowest BCUT2D eigenvalue weighted by Crippen LogP contribution is -1.95. The van der Waals surface area contributed by atoms with E-state index in [-0.39, 0.29) is 5.82 Å². The SMILES string of the molecule is Nc1cc(F)cc(Nc2cc(I)ccc2Br)c1. The smallest absolute Gasteiger partial charge is 0.127 e. The Morgan fingerprint density at radius 2 is 1.94 bits per heavy atom. The molecule has 0 amide bonds. The van der Waals surface area contributed by atoms with Crippen molar-refractivity contribution in [1.82, 2.24) is 0 Å². The average molecular weight is 407 g/mol. The first-order valence-corrected chi connectivity index (χ1v) is 6.70. The van der Waals surface area contributed by atoms with Gasteiger partial charge in [0.2, 0.25) is 0 Å². The van der Waals surface area contributed by atoms with Crippen LogP contribution in [-0.2, 0) is 0 Å². The summed E-state index contributed by atoms with van der Waals surface area (Å²) in [5, 5.41) is 3.12. The summed E-state index contributed by atoms with van der Waals surface area (Å²) in [5.41, 5.74) is 7.49. The van der Waals surface area contributed by atoms with Crippen molar-refractivity contribution >= 4 is 55.6 Å². The molecule has 5 heteroatoms. The maximum atomic E-state index is 13.2. The first kappa shape index (κ1) is 12.6. The van der Waals surface area contributed by atoms with Crippen molar-refractivity contribution in [3.8, 4) is 0 Å². The minimum absolute atomic E-state index is 0.353. The Morgan fingerprint density at radius 3 is 2.65 bits per heavy atom. The van der Waals surface area contributed by atoms with Gasteiger partial charge in [0.15, 0.2) is 0 Å². The highest BCUT2D eigenvalue weighted by atomic mass is 127. The van der Waals surface area contributed by atoms with E-state index in [1.807, 2.05) is 18.2 Å². The van der Waals surface area contributed by atoms with Crippen LogP contribution in [0.5, 0.6) is 0 Å². The Hall–Kier alpha value is -0.820. The van der Waals surface area contributed by atoms with E-state index in [4.69, 9.17) is 5.73 Å². The third-order valence-corrected chi connectivity index (χ3v) is 3.49. The number of hydrogen-bond donors (Lipinski definition) is 2. The normalized spacial score (nSPS) is 10.3. The molecule has 0 aliphatic rings. The van der Waals surface area contributed by atoms with Crippen LogP contribution >= 0.6 is 38.5 Å². The standard InChI is InChI=1S/C12H9BrFIN2/c13-11-2-1-8(15)5-12(11)17-10-4-7(14)3-9(16)6-10/h1-6,17H,16H2. The molecular formula is C12H9BrFIN2. The number of anilines is 3. The van der Waals surface area contributed by atoms with Crippen molar-refractivity contribution in [2.24, 2.45) is 0 Å². The molecule has 0 atom stereocenters. The highest BCUT2D eigenvalue weighted by molar-refractivity contribution is 14.1. The molecule has 88 valence electrons. The number of rotatable bonds is 2. The van der Waals surface area contributed by atoms with E-state index in [2.05, 4.69) is 43.8 Å². The first-order chi connectivity index (χ1) is 8.04. The van der Waals surface area contributed by atoms with Crippen molar-refractivity contribution in [2.45, 2.75) is 0 Å². The summed E-state index contributed by atoms with van der Waals surface area (Å²) >= 11 is 5.65. The molecule has 0 fully saturated rings. The van der Waals surface area contributed by atoms with Crippen LogP contribution in [-0.4, -0.2) is 0 Å². The van der Waals surface area contributed by atoms with Gasteiger partial charge in [-0.3, -0.25) is 0 Å². The number of hydrogen-bond acceptors (Lipinski definition) is 2. The second kappa shape index (κ2) is 5.22. The predicted octanol–water partition coefficient (Wildman–Crippen LogP) is 4.52. The predicted molar refractivity (Wildman–Crippen MR) is 81.0 cm³/mol. The molecule has 2 rings (SSSR count). The van der Waals surface area contributed by atoms with Gasteiger partial charge >= 0.3 is 0 Å². The fourth-order valence-corrected chi connectivity index (χ4v) is 2.27. The third-order valence-electron chi connectivity index (χ3n) is 2.13. The Morgan fingerprint density at radius 1 is 1.18 bits per heavy atom. The van der Waals surface area contributed by atoms with Gasteiger partial charge in [-0.05, 0) is 74.9 Å². The maximum absolute atomic E-state index is 13.2. The van der Waals surface area contributed by atoms with Crippen molar-refractivity contribution in [3.63, 3.8) is 0 Å². The number of halogens is 3. The Balaban J connectivity index is 2.34. The first-order valence-electron chi connectivity index (χ1n) is 4.83. The molecule has 0 saturated carbocycles. The monoisotopic (exact) mass is 406 g/mol. The number of nitrogen functional groups attached to an aromatic ring is 1. The van der Waals surface area contributed by atoms with E-state index in [1.54, 1.807) is 6.07 Å². The fourth-order valence-electron chi connectivity index (χ4n) is 1.43. The van der Waals surface area contributed by atoms with Crippen molar-refractivity contribution in [3.05, 3.63) is 50.3 Å². The lowest BCUT2D eigenvalue weighted by Gasteiger charge is -2.10. The fraction of sp³-hybridized carbons (Fsp3) is 0. The van der Waals surface area contributed by atoms with Crippen LogP contribution in [0.3, 0.4) is 0 Å². The lowest BCUT2D eigenvalue weighted by molar-refractivity contribution is 0.629. The molecule has 0 spiro atoms. The van der Waals surface area contributed by atoms with E-state index < -0.39 is 0 Å². The summed E-state index contributed by atoms with van der Waals surface area (Å²) in [4.78, 5) is 0. The summed E-state index contributed by atoms with van der Waals surface area (Å²) < 4.78 is 15.2. The molecule has 3 N–H and O–H groups in total. The van der Waals surface area contributed by atoms with Gasteiger partial charge in [-0.15, -0.1) is 0 Å². The zero-order chi connectivity index (χ0) is 12.4. The van der Waals surface area contributed by atoms with Crippen LogP contribution in [0.25, 0.3) is 0 Å². The summed E-state index contributed by atoms with van der Waals surface area (Å²) in [6.07, 6.45) is 0. The second-order valence-electron chi connectivity index (χ2n) is 3.52. The minimum atomic E-state index is -0.353. The largest absolute Gasteiger partial charge is 0.399 e. The minimum Gasteiger partial charge on any atom is -0.399 e. The third kappa shape index (κ3) is 3.32. The summed E-state index contributed by atoms with van der Waals surface area (Å²) in [6, 6.07) is 10.3. The number of benzene rings is 2. The molecule has 2 aromatic carbocycles. The average Bonchev–Trinajstić information content (AvgIpc) is 2.22. The van der Waals surface area contributed by atoms with E-state index in [9.17, 15) is 4.39 Å². The quantitative estimate of drug-likeness (QED) is 0.568. The van der Waals surface area contributed by atoms with E-state index in [0.717, 1.165) is 13.7 Å². The van der Waals surface area contributed by atoms with E-state index in [0.29, 0.717) is 11.4 Å². The molecule has 0 aliphatic heterocycles. The van der Waals surface area contributed by atoms with Gasteiger partial charge in [-0.1, -0.05) is 0 Å². The van der Waals surface area contributed by atoms with Crippen LogP contribution in [0.15, 0.2) is 40.9 Å². The van der Waals surface area contributed by atoms with Gasteiger partial charge in [-0.25, -0.2) is 4.39 Å². The van der Waals surface area contributed by atoms with Crippen molar-refractivity contribution in [2.75, 3.05) is 11.1 Å². The van der Waals surface area contributed by atoms with Gasteiger partial charge in [0.1, 0.15) is 5.82 Å². The second-order valence-corrected chi connectivity index (χ2v) is 5.62. The molecule has 0 bridgehead atoms. The van der Waals surface area contributed by atoms with Gasteiger partial charge in [0.05, 0.1) is 5.69 Å². The molecular weight excluding hydrogens is 398 g/mol. The van der Waals surface area contributed by atoms with Crippen LogP contribution in [0.1, 0.15) is 0 Å². The molecule has 0 heterocycles. The molecule has 0 aliphatic carbocycles. The maximum Gasteiger partial charge on any atom is 0.127 e. The van der Waals surface area contributed by atoms with E-state index in [1.165, 1.54) is 12.1 Å². The number of nitrogens with two attached hydrogens (primary N) is 1. The van der Waals surface area contributed by atoms with Gasteiger partial charge < -0.3 is 11.1 Å². The van der Waals surface area contributed by atoms with Gasteiger partial charge in [0, 0.05) is 19.4 Å². The van der Waals surface area contributed by atoms with Gasteiger partial charge in [-0.2, -0.15) is 0 Å². The van der Waals surface area contributed by atoms with Crippen molar-refractivity contribution in [1.29, 1.82) is 0 Å². The molecule has 0 unspecified atom stereocenters. The highest BCUT2D eigenvalue weighted by Crippen LogP contribution is 2.28. The van der Waals surface area contributed by atoms with Gasteiger partial charge in [0.25, 0.3) is 0 Å². The lowest BCUT2D eigenvalue weighted by atomic mass is 10.2. The molecule has 0 aromatic heterocycles. The van der Waals surface area contributed by atoms with E-state index >= 15 is 0 Å². The van der Waals surface area contributed by atoms with Crippen LogP contribution < -0.4 is 11.1 Å². The molecule has 2 aromatic rings.